The number of halogens is 2. The molecule has 0 saturated carbocycles. The second-order valence-electron chi connectivity index (χ2n) is 7.28. The SMILES string of the molecule is CN1C(=O)CCc2cc(-c3cncc(CNS(=O)(=O)c4ccc(Cl)c(Cl)c4)c3)ccc21. The summed E-state index contributed by atoms with van der Waals surface area (Å²) in [4.78, 5) is 17.9. The molecule has 31 heavy (non-hydrogen) atoms. The minimum atomic E-state index is -3.76. The summed E-state index contributed by atoms with van der Waals surface area (Å²) in [6, 6.07) is 12.0. The van der Waals surface area contributed by atoms with Gasteiger partial charge in [0, 0.05) is 43.7 Å². The summed E-state index contributed by atoms with van der Waals surface area (Å²) in [6.45, 7) is 0.0750. The van der Waals surface area contributed by atoms with Crippen LogP contribution >= 0.6 is 23.2 Å². The van der Waals surface area contributed by atoms with Crippen molar-refractivity contribution < 1.29 is 13.2 Å². The normalized spacial score (nSPS) is 13.9. The number of rotatable bonds is 5. The Hall–Kier alpha value is -2.45. The van der Waals surface area contributed by atoms with Crippen LogP contribution in [0.1, 0.15) is 17.5 Å². The maximum atomic E-state index is 12.6. The summed E-state index contributed by atoms with van der Waals surface area (Å²) in [5, 5.41) is 0.464. The highest BCUT2D eigenvalue weighted by molar-refractivity contribution is 7.89. The van der Waals surface area contributed by atoms with E-state index in [0.29, 0.717) is 18.4 Å². The summed E-state index contributed by atoms with van der Waals surface area (Å²) in [5.41, 5.74) is 4.56. The molecule has 0 aliphatic carbocycles. The Labute approximate surface area is 190 Å². The zero-order valence-electron chi connectivity index (χ0n) is 16.6. The molecule has 0 spiro atoms. The van der Waals surface area contributed by atoms with Gasteiger partial charge in [0.05, 0.1) is 14.9 Å². The van der Waals surface area contributed by atoms with Gasteiger partial charge in [-0.3, -0.25) is 9.78 Å². The fourth-order valence-corrected chi connectivity index (χ4v) is 4.89. The lowest BCUT2D eigenvalue weighted by Gasteiger charge is -2.26. The van der Waals surface area contributed by atoms with Crippen LogP contribution in [0.3, 0.4) is 0 Å². The van der Waals surface area contributed by atoms with Gasteiger partial charge in [-0.1, -0.05) is 29.3 Å². The molecule has 6 nitrogen and oxygen atoms in total. The number of benzene rings is 2. The van der Waals surface area contributed by atoms with Gasteiger partial charge in [-0.2, -0.15) is 0 Å². The Morgan fingerprint density at radius 1 is 1.00 bits per heavy atom. The van der Waals surface area contributed by atoms with Crippen molar-refractivity contribution in [3.63, 3.8) is 0 Å². The third-order valence-corrected chi connectivity index (χ3v) is 7.36. The molecule has 0 radical (unpaired) electrons. The molecule has 2 aromatic carbocycles. The number of carbonyl (C=O) groups excluding carboxylic acids is 1. The van der Waals surface area contributed by atoms with Crippen LogP contribution in [0.4, 0.5) is 5.69 Å². The first-order valence-electron chi connectivity index (χ1n) is 9.53. The van der Waals surface area contributed by atoms with Crippen molar-refractivity contribution in [2.24, 2.45) is 0 Å². The molecule has 1 amide bonds. The molecule has 4 rings (SSSR count). The maximum absolute atomic E-state index is 12.6. The molecule has 3 aromatic rings. The number of aromatic nitrogens is 1. The second-order valence-corrected chi connectivity index (χ2v) is 9.86. The van der Waals surface area contributed by atoms with E-state index in [-0.39, 0.29) is 27.4 Å². The van der Waals surface area contributed by atoms with Crippen molar-refractivity contribution in [2.75, 3.05) is 11.9 Å². The van der Waals surface area contributed by atoms with Gasteiger partial charge in [-0.05, 0) is 59.5 Å². The molecule has 9 heteroatoms. The molecule has 1 aliphatic heterocycles. The molecule has 2 heterocycles. The van der Waals surface area contributed by atoms with Crippen molar-refractivity contribution in [1.29, 1.82) is 0 Å². The topological polar surface area (TPSA) is 79.4 Å². The Morgan fingerprint density at radius 3 is 2.58 bits per heavy atom. The minimum Gasteiger partial charge on any atom is -0.315 e. The van der Waals surface area contributed by atoms with E-state index in [2.05, 4.69) is 15.8 Å². The van der Waals surface area contributed by atoms with Crippen molar-refractivity contribution in [3.05, 3.63) is 76.0 Å². The summed E-state index contributed by atoms with van der Waals surface area (Å²) >= 11 is 11.8. The number of carbonyl (C=O) groups is 1. The van der Waals surface area contributed by atoms with E-state index in [0.717, 1.165) is 22.4 Å². The predicted molar refractivity (Wildman–Crippen MR) is 122 cm³/mol. The van der Waals surface area contributed by atoms with E-state index < -0.39 is 10.0 Å². The minimum absolute atomic E-state index is 0.0411. The summed E-state index contributed by atoms with van der Waals surface area (Å²) in [7, 11) is -1.98. The number of nitrogens with zero attached hydrogens (tertiary/aromatic N) is 2. The number of nitrogens with one attached hydrogen (secondary N) is 1. The number of anilines is 1. The van der Waals surface area contributed by atoms with Gasteiger partial charge in [-0.25, -0.2) is 13.1 Å². The average molecular weight is 476 g/mol. The van der Waals surface area contributed by atoms with Gasteiger partial charge in [0.1, 0.15) is 0 Å². The standard InChI is InChI=1S/C22H19Cl2N3O3S/c1-27-21-6-2-15(9-16(21)3-7-22(27)28)17-8-14(11-25-13-17)12-26-31(29,30)18-4-5-19(23)20(24)10-18/h2,4-6,8-11,13,26H,3,7,12H2,1H3. The van der Waals surface area contributed by atoms with E-state index in [1.165, 1.54) is 18.2 Å². The van der Waals surface area contributed by atoms with Crippen molar-refractivity contribution in [1.82, 2.24) is 9.71 Å². The monoisotopic (exact) mass is 475 g/mol. The Bertz CT molecular complexity index is 1280. The van der Waals surface area contributed by atoms with Gasteiger partial charge in [-0.15, -0.1) is 0 Å². The third-order valence-electron chi connectivity index (χ3n) is 5.22. The largest absolute Gasteiger partial charge is 0.315 e. The van der Waals surface area contributed by atoms with Gasteiger partial charge >= 0.3 is 0 Å². The van der Waals surface area contributed by atoms with Crippen LogP contribution in [0.5, 0.6) is 0 Å². The fourth-order valence-electron chi connectivity index (χ4n) is 3.48. The molecule has 160 valence electrons. The highest BCUT2D eigenvalue weighted by Crippen LogP contribution is 2.31. The van der Waals surface area contributed by atoms with Crippen LogP contribution in [0.15, 0.2) is 59.8 Å². The van der Waals surface area contributed by atoms with Crippen LogP contribution in [0.2, 0.25) is 10.0 Å². The van der Waals surface area contributed by atoms with Gasteiger partial charge < -0.3 is 4.90 Å². The molecule has 1 aliphatic rings. The highest BCUT2D eigenvalue weighted by Gasteiger charge is 2.21. The highest BCUT2D eigenvalue weighted by atomic mass is 35.5. The first kappa shape index (κ1) is 21.8. The number of amides is 1. The number of hydrogen-bond acceptors (Lipinski definition) is 4. The summed E-state index contributed by atoms with van der Waals surface area (Å²) in [5.74, 6) is 0.109. The molecule has 0 fully saturated rings. The van der Waals surface area contributed by atoms with Crippen LogP contribution in [0, 0.1) is 0 Å². The van der Waals surface area contributed by atoms with Crippen molar-refractivity contribution in [3.8, 4) is 11.1 Å². The lowest BCUT2D eigenvalue weighted by molar-refractivity contribution is -0.118. The molecule has 1 N–H and O–H groups in total. The summed E-state index contributed by atoms with van der Waals surface area (Å²) in [6.07, 6.45) is 4.53. The second kappa shape index (κ2) is 8.59. The molecular weight excluding hydrogens is 457 g/mol. The number of pyridine rings is 1. The third kappa shape index (κ3) is 4.60. The van der Waals surface area contributed by atoms with Crippen molar-refractivity contribution >= 4 is 44.8 Å². The van der Waals surface area contributed by atoms with E-state index in [1.54, 1.807) is 24.3 Å². The van der Waals surface area contributed by atoms with E-state index in [1.807, 2.05) is 18.2 Å². The average Bonchev–Trinajstić information content (AvgIpc) is 2.77. The molecular formula is C22H19Cl2N3O3S. The zero-order chi connectivity index (χ0) is 22.2. The predicted octanol–water partition coefficient (Wildman–Crippen LogP) is 4.44. The van der Waals surface area contributed by atoms with Gasteiger partial charge in [0.15, 0.2) is 0 Å². The summed E-state index contributed by atoms with van der Waals surface area (Å²) < 4.78 is 27.7. The van der Waals surface area contributed by atoms with Crippen LogP contribution < -0.4 is 9.62 Å². The first-order chi connectivity index (χ1) is 14.7. The molecule has 0 atom stereocenters. The molecule has 0 unspecified atom stereocenters. The van der Waals surface area contributed by atoms with Crippen LogP contribution in [-0.2, 0) is 27.8 Å². The van der Waals surface area contributed by atoms with Crippen LogP contribution in [-0.4, -0.2) is 26.4 Å². The zero-order valence-corrected chi connectivity index (χ0v) is 18.9. The number of hydrogen-bond donors (Lipinski definition) is 1. The number of fused-ring (bicyclic) bond motifs is 1. The Balaban J connectivity index is 1.54. The number of sulfonamides is 1. The maximum Gasteiger partial charge on any atom is 0.240 e. The van der Waals surface area contributed by atoms with Gasteiger partial charge in [0.25, 0.3) is 0 Å². The molecule has 0 saturated heterocycles. The van der Waals surface area contributed by atoms with Crippen molar-refractivity contribution in [2.45, 2.75) is 24.3 Å². The lowest BCUT2D eigenvalue weighted by atomic mass is 9.96. The Morgan fingerprint density at radius 2 is 1.81 bits per heavy atom. The van der Waals surface area contributed by atoms with E-state index in [9.17, 15) is 13.2 Å². The van der Waals surface area contributed by atoms with Crippen LogP contribution in [0.25, 0.3) is 11.1 Å². The first-order valence-corrected chi connectivity index (χ1v) is 11.8. The molecule has 1 aromatic heterocycles. The lowest BCUT2D eigenvalue weighted by Crippen LogP contribution is -2.30. The quantitative estimate of drug-likeness (QED) is 0.591. The van der Waals surface area contributed by atoms with E-state index >= 15 is 0 Å². The van der Waals surface area contributed by atoms with E-state index in [4.69, 9.17) is 23.2 Å². The number of aryl methyl sites for hydroxylation is 1. The fraction of sp³-hybridized carbons (Fsp3) is 0.182. The Kier molecular flexibility index (Phi) is 6.03. The molecule has 0 bridgehead atoms. The van der Waals surface area contributed by atoms with Gasteiger partial charge in [0.2, 0.25) is 15.9 Å². The smallest absolute Gasteiger partial charge is 0.240 e.